The molecule has 0 heterocycles. The molecule has 0 aliphatic rings. The predicted octanol–water partition coefficient (Wildman–Crippen LogP) is 4.10. The highest BCUT2D eigenvalue weighted by Gasteiger charge is 2.01. The van der Waals surface area contributed by atoms with Crippen molar-refractivity contribution in [1.29, 1.82) is 0 Å². The molecule has 1 rings (SSSR count). The molecule has 0 aliphatic carbocycles. The van der Waals surface area contributed by atoms with Crippen molar-refractivity contribution in [2.24, 2.45) is 0 Å². The minimum absolute atomic E-state index is 0.181. The molecule has 2 heteroatoms. The Morgan fingerprint density at radius 2 is 2.23 bits per heavy atom. The largest absolute Gasteiger partial charge is 0.207 e. The Hall–Kier alpha value is -0.630. The fourth-order valence-electron chi connectivity index (χ4n) is 1.08. The zero-order valence-corrected chi connectivity index (χ0v) is 9.20. The molecule has 0 radical (unpaired) electrons. The summed E-state index contributed by atoms with van der Waals surface area (Å²) in [6.07, 6.45) is 1.75. The van der Waals surface area contributed by atoms with Gasteiger partial charge in [-0.3, -0.25) is 0 Å². The summed E-state index contributed by atoms with van der Waals surface area (Å²) < 4.78 is 13.8. The first-order chi connectivity index (χ1) is 6.09. The Morgan fingerprint density at radius 3 is 2.85 bits per heavy atom. The van der Waals surface area contributed by atoms with Crippen molar-refractivity contribution in [3.05, 3.63) is 46.2 Å². The summed E-state index contributed by atoms with van der Waals surface area (Å²) in [7, 11) is 0. The maximum Gasteiger partial charge on any atom is 0.123 e. The van der Waals surface area contributed by atoms with E-state index in [2.05, 4.69) is 22.5 Å². The highest BCUT2D eigenvalue weighted by Crippen LogP contribution is 2.20. The average molecular weight is 243 g/mol. The minimum Gasteiger partial charge on any atom is -0.207 e. The predicted molar refractivity (Wildman–Crippen MR) is 57.2 cm³/mol. The molecule has 0 fully saturated rings. The number of rotatable bonds is 3. The third-order valence-electron chi connectivity index (χ3n) is 1.83. The van der Waals surface area contributed by atoms with Gasteiger partial charge in [-0.2, -0.15) is 0 Å². The van der Waals surface area contributed by atoms with Crippen molar-refractivity contribution in [3.63, 3.8) is 0 Å². The minimum atomic E-state index is -0.181. The molecule has 70 valence electrons. The van der Waals surface area contributed by atoms with Crippen LogP contribution in [0.5, 0.6) is 0 Å². The summed E-state index contributed by atoms with van der Waals surface area (Å²) >= 11 is 3.38. The van der Waals surface area contributed by atoms with Crippen LogP contribution in [-0.2, 0) is 6.42 Å². The molecule has 0 atom stereocenters. The molecule has 0 saturated carbocycles. The molecule has 0 saturated heterocycles. The molecule has 1 aromatic rings. The third-order valence-corrected chi connectivity index (χ3v) is 2.60. The Morgan fingerprint density at radius 1 is 1.54 bits per heavy atom. The molecule has 0 N–H and O–H groups in total. The Labute approximate surface area is 86.6 Å². The fraction of sp³-hybridized carbons (Fsp3) is 0.273. The van der Waals surface area contributed by atoms with Gasteiger partial charge in [-0.05, 0) is 43.5 Å². The van der Waals surface area contributed by atoms with Crippen molar-refractivity contribution in [1.82, 2.24) is 0 Å². The number of allylic oxidation sites excluding steroid dienone is 1. The topological polar surface area (TPSA) is 0 Å². The van der Waals surface area contributed by atoms with Crippen LogP contribution in [0.2, 0.25) is 0 Å². The lowest BCUT2D eigenvalue weighted by Crippen LogP contribution is -1.89. The lowest BCUT2D eigenvalue weighted by molar-refractivity contribution is 0.624. The van der Waals surface area contributed by atoms with Gasteiger partial charge in [-0.15, -0.1) is 6.58 Å². The van der Waals surface area contributed by atoms with E-state index in [-0.39, 0.29) is 5.82 Å². The standard InChI is InChI=1S/C11H12BrF/c1-8(2)3-4-9-7-10(13)5-6-11(9)12/h5-7H,1,3-4H2,2H3. The normalized spacial score (nSPS) is 10.1. The molecule has 13 heavy (non-hydrogen) atoms. The lowest BCUT2D eigenvalue weighted by Gasteiger charge is -2.03. The first kappa shape index (κ1) is 10.5. The average Bonchev–Trinajstić information content (AvgIpc) is 2.06. The van der Waals surface area contributed by atoms with Gasteiger partial charge in [0, 0.05) is 4.47 Å². The maximum absolute atomic E-state index is 12.8. The fourth-order valence-corrected chi connectivity index (χ4v) is 1.53. The second-order valence-corrected chi connectivity index (χ2v) is 4.05. The van der Waals surface area contributed by atoms with Crippen LogP contribution in [0.15, 0.2) is 34.8 Å². The van der Waals surface area contributed by atoms with Crippen LogP contribution in [0.4, 0.5) is 4.39 Å². The van der Waals surface area contributed by atoms with Crippen LogP contribution in [0.3, 0.4) is 0 Å². The molecular formula is C11H12BrF. The van der Waals surface area contributed by atoms with E-state index < -0.39 is 0 Å². The van der Waals surface area contributed by atoms with Crippen molar-refractivity contribution >= 4 is 15.9 Å². The van der Waals surface area contributed by atoms with Gasteiger partial charge in [-0.1, -0.05) is 21.5 Å². The molecule has 0 aliphatic heterocycles. The van der Waals surface area contributed by atoms with Crippen LogP contribution in [0.1, 0.15) is 18.9 Å². The van der Waals surface area contributed by atoms with Crippen LogP contribution < -0.4 is 0 Å². The van der Waals surface area contributed by atoms with Gasteiger partial charge in [0.2, 0.25) is 0 Å². The van der Waals surface area contributed by atoms with E-state index >= 15 is 0 Å². The first-order valence-corrected chi connectivity index (χ1v) is 4.97. The Balaban J connectivity index is 2.75. The van der Waals surface area contributed by atoms with Gasteiger partial charge in [-0.25, -0.2) is 4.39 Å². The van der Waals surface area contributed by atoms with Gasteiger partial charge in [0.25, 0.3) is 0 Å². The van der Waals surface area contributed by atoms with Gasteiger partial charge >= 0.3 is 0 Å². The first-order valence-electron chi connectivity index (χ1n) is 4.18. The number of halogens is 2. The third kappa shape index (κ3) is 3.31. The van der Waals surface area contributed by atoms with Crippen LogP contribution in [0.25, 0.3) is 0 Å². The van der Waals surface area contributed by atoms with Gasteiger partial charge in [0.15, 0.2) is 0 Å². The highest BCUT2D eigenvalue weighted by molar-refractivity contribution is 9.10. The quantitative estimate of drug-likeness (QED) is 0.701. The van der Waals surface area contributed by atoms with E-state index in [1.807, 2.05) is 6.92 Å². The van der Waals surface area contributed by atoms with E-state index in [1.54, 1.807) is 12.1 Å². The summed E-state index contributed by atoms with van der Waals surface area (Å²) in [5, 5.41) is 0. The van der Waals surface area contributed by atoms with E-state index in [0.717, 1.165) is 28.5 Å². The number of aryl methyl sites for hydroxylation is 1. The summed E-state index contributed by atoms with van der Waals surface area (Å²) in [6.45, 7) is 5.79. The summed E-state index contributed by atoms with van der Waals surface area (Å²) in [4.78, 5) is 0. The van der Waals surface area contributed by atoms with E-state index in [1.165, 1.54) is 6.07 Å². The monoisotopic (exact) mass is 242 g/mol. The number of hydrogen-bond donors (Lipinski definition) is 0. The SMILES string of the molecule is C=C(C)CCc1cc(F)ccc1Br. The van der Waals surface area contributed by atoms with Gasteiger partial charge in [0.05, 0.1) is 0 Å². The molecule has 0 nitrogen and oxygen atoms in total. The zero-order valence-electron chi connectivity index (χ0n) is 7.61. The van der Waals surface area contributed by atoms with E-state index in [0.29, 0.717) is 0 Å². The summed E-state index contributed by atoms with van der Waals surface area (Å²) in [5.41, 5.74) is 2.12. The number of hydrogen-bond acceptors (Lipinski definition) is 0. The van der Waals surface area contributed by atoms with E-state index in [9.17, 15) is 4.39 Å². The molecule has 0 bridgehead atoms. The molecule has 0 amide bonds. The highest BCUT2D eigenvalue weighted by atomic mass is 79.9. The Bertz CT molecular complexity index is 318. The lowest BCUT2D eigenvalue weighted by atomic mass is 10.1. The molecule has 0 unspecified atom stereocenters. The van der Waals surface area contributed by atoms with Crippen LogP contribution >= 0.6 is 15.9 Å². The summed E-state index contributed by atoms with van der Waals surface area (Å²) in [5.74, 6) is -0.181. The zero-order chi connectivity index (χ0) is 9.84. The number of benzene rings is 1. The second-order valence-electron chi connectivity index (χ2n) is 3.19. The smallest absolute Gasteiger partial charge is 0.123 e. The van der Waals surface area contributed by atoms with Crippen molar-refractivity contribution in [3.8, 4) is 0 Å². The van der Waals surface area contributed by atoms with Crippen molar-refractivity contribution in [2.45, 2.75) is 19.8 Å². The van der Waals surface area contributed by atoms with Gasteiger partial charge in [0.1, 0.15) is 5.82 Å². The molecule has 1 aromatic carbocycles. The maximum atomic E-state index is 12.8. The second kappa shape index (κ2) is 4.56. The molecular weight excluding hydrogens is 231 g/mol. The van der Waals surface area contributed by atoms with Gasteiger partial charge < -0.3 is 0 Å². The molecule has 0 spiro atoms. The molecule has 0 aromatic heterocycles. The Kier molecular flexibility index (Phi) is 3.67. The van der Waals surface area contributed by atoms with Crippen LogP contribution in [-0.4, -0.2) is 0 Å². The van der Waals surface area contributed by atoms with Crippen molar-refractivity contribution in [2.75, 3.05) is 0 Å². The van der Waals surface area contributed by atoms with Crippen LogP contribution in [0, 0.1) is 5.82 Å². The summed E-state index contributed by atoms with van der Waals surface area (Å²) in [6, 6.07) is 4.75. The van der Waals surface area contributed by atoms with E-state index in [4.69, 9.17) is 0 Å². The van der Waals surface area contributed by atoms with Crippen molar-refractivity contribution < 1.29 is 4.39 Å².